The van der Waals surface area contributed by atoms with Crippen LogP contribution in [0.1, 0.15) is 29.9 Å². The van der Waals surface area contributed by atoms with Gasteiger partial charge in [0.15, 0.2) is 11.6 Å². The third-order valence-corrected chi connectivity index (χ3v) is 7.06. The molecule has 264 valence electrons. The molecule has 0 saturated carbocycles. The van der Waals surface area contributed by atoms with Crippen LogP contribution in [-0.2, 0) is 26.2 Å². The Balaban J connectivity index is 0.00000105. The Morgan fingerprint density at radius 1 is 1.04 bits per heavy atom. The van der Waals surface area contributed by atoms with Crippen molar-refractivity contribution in [1.82, 2.24) is 14.3 Å². The van der Waals surface area contributed by atoms with Gasteiger partial charge in [-0.15, -0.1) is 0 Å². The minimum atomic E-state index is -3.67. The molecule has 0 saturated heterocycles. The van der Waals surface area contributed by atoms with E-state index < -0.39 is 45.5 Å². The van der Waals surface area contributed by atoms with Gasteiger partial charge in [0.05, 0.1) is 36.8 Å². The molecule has 50 heavy (non-hydrogen) atoms. The Labute approximate surface area is 286 Å². The molecule has 0 unspecified atom stereocenters. The second-order valence-corrected chi connectivity index (χ2v) is 12.6. The summed E-state index contributed by atoms with van der Waals surface area (Å²) in [5, 5.41) is 3.28. The number of hydrogen-bond donors (Lipinski definition) is 3. The van der Waals surface area contributed by atoms with Crippen LogP contribution in [0.3, 0.4) is 0 Å². The van der Waals surface area contributed by atoms with Gasteiger partial charge in [-0.05, 0) is 63.2 Å². The van der Waals surface area contributed by atoms with E-state index in [1.54, 1.807) is 86.4 Å². The average Bonchev–Trinajstić information content (AvgIpc) is 3.29. The van der Waals surface area contributed by atoms with E-state index in [0.717, 1.165) is 6.07 Å². The highest BCUT2D eigenvalue weighted by molar-refractivity contribution is 7.85. The summed E-state index contributed by atoms with van der Waals surface area (Å²) in [7, 11) is -2.11. The van der Waals surface area contributed by atoms with Gasteiger partial charge < -0.3 is 25.3 Å². The van der Waals surface area contributed by atoms with E-state index in [9.17, 15) is 22.8 Å². The van der Waals surface area contributed by atoms with Gasteiger partial charge in [0, 0.05) is 29.4 Å². The number of methoxy groups -OCH3 is 1. The smallest absolute Gasteiger partial charge is 0.322 e. The molecule has 2 atom stereocenters. The number of carbonyl (C=O) groups excluding carboxylic acids is 2. The van der Waals surface area contributed by atoms with Crippen LogP contribution in [0, 0.1) is 12.7 Å². The fourth-order valence-electron chi connectivity index (χ4n) is 4.83. The number of nitrogens with two attached hydrogens (primary N) is 1. The van der Waals surface area contributed by atoms with Crippen molar-refractivity contribution in [2.45, 2.75) is 39.5 Å². The van der Waals surface area contributed by atoms with Crippen LogP contribution in [0.5, 0.6) is 17.2 Å². The second kappa shape index (κ2) is 15.8. The molecule has 2 aromatic heterocycles. The number of anilines is 1. The molecule has 5 rings (SSSR count). The second-order valence-electron chi connectivity index (χ2n) is 11.2. The standard InChI is InChI=1S/C33H32FN5O6.CH4O3S/c1-19(44-33(42)20(2)35)18-38-21(3)30(32(41)39(38)23-8-6-5-7-9-23)31(40)37-22-10-13-29(26(34)16-22)45-28-14-15-36-27-17-24(43-4)11-12-25(27)28;1-5(2,3)4/h5-17,19-20H,18,35H2,1-4H3,(H,37,40);1H3,(H,2,3,4)/t19-,20-;/m0./s1. The number of nitrogens with zero attached hydrogens (tertiary/aromatic N) is 3. The summed E-state index contributed by atoms with van der Waals surface area (Å²) in [5.74, 6) is -1.11. The van der Waals surface area contributed by atoms with Crippen molar-refractivity contribution in [3.63, 3.8) is 0 Å². The zero-order chi connectivity index (χ0) is 36.7. The maximum Gasteiger partial charge on any atom is 0.322 e. The van der Waals surface area contributed by atoms with E-state index in [2.05, 4.69) is 10.3 Å². The Kier molecular flexibility index (Phi) is 11.7. The van der Waals surface area contributed by atoms with Crippen LogP contribution < -0.4 is 26.1 Å². The highest BCUT2D eigenvalue weighted by atomic mass is 32.2. The molecular weight excluding hydrogens is 673 g/mol. The maximum absolute atomic E-state index is 15.2. The molecule has 0 bridgehead atoms. The number of benzene rings is 3. The average molecular weight is 710 g/mol. The number of hydrogen-bond acceptors (Lipinski definition) is 10. The monoisotopic (exact) mass is 709 g/mol. The van der Waals surface area contributed by atoms with Crippen LogP contribution in [-0.4, -0.2) is 64.7 Å². The van der Waals surface area contributed by atoms with Gasteiger partial charge in [0.1, 0.15) is 29.2 Å². The molecule has 1 amide bonds. The van der Waals surface area contributed by atoms with Gasteiger partial charge in [0.2, 0.25) is 0 Å². The zero-order valence-electron chi connectivity index (χ0n) is 27.8. The first-order valence-electron chi connectivity index (χ1n) is 15.0. The molecule has 16 heteroatoms. The van der Waals surface area contributed by atoms with E-state index in [0.29, 0.717) is 40.0 Å². The molecule has 0 aliphatic carbocycles. The first kappa shape index (κ1) is 37.2. The molecule has 4 N–H and O–H groups in total. The fraction of sp³-hybridized carbons (Fsp3) is 0.235. The van der Waals surface area contributed by atoms with Gasteiger partial charge in [-0.1, -0.05) is 18.2 Å². The largest absolute Gasteiger partial charge is 0.497 e. The number of aromatic nitrogens is 3. The molecule has 3 aromatic carbocycles. The van der Waals surface area contributed by atoms with Gasteiger partial charge in [-0.3, -0.25) is 28.6 Å². The van der Waals surface area contributed by atoms with Crippen LogP contribution in [0.15, 0.2) is 83.8 Å². The summed E-state index contributed by atoms with van der Waals surface area (Å²) in [6.07, 6.45) is 1.59. The summed E-state index contributed by atoms with van der Waals surface area (Å²) >= 11 is 0. The van der Waals surface area contributed by atoms with E-state index in [1.807, 2.05) is 0 Å². The van der Waals surface area contributed by atoms with Gasteiger partial charge in [-0.25, -0.2) is 9.07 Å². The van der Waals surface area contributed by atoms with Crippen molar-refractivity contribution in [3.8, 4) is 22.9 Å². The van der Waals surface area contributed by atoms with Gasteiger partial charge >= 0.3 is 5.97 Å². The van der Waals surface area contributed by atoms with E-state index in [1.165, 1.54) is 23.7 Å². The van der Waals surface area contributed by atoms with Crippen LogP contribution in [0.25, 0.3) is 16.6 Å². The van der Waals surface area contributed by atoms with Crippen molar-refractivity contribution < 1.29 is 41.2 Å². The Bertz CT molecular complexity index is 2180. The number of ether oxygens (including phenoxy) is 3. The Hall–Kier alpha value is -5.58. The summed E-state index contributed by atoms with van der Waals surface area (Å²) in [6.45, 7) is 4.86. The topological polar surface area (TPSA) is 194 Å². The third kappa shape index (κ3) is 9.31. The highest BCUT2D eigenvalue weighted by Gasteiger charge is 2.26. The van der Waals surface area contributed by atoms with E-state index in [4.69, 9.17) is 24.5 Å². The lowest BCUT2D eigenvalue weighted by molar-refractivity contribution is -0.150. The number of nitrogens with one attached hydrogen (secondary N) is 1. The predicted octanol–water partition coefficient (Wildman–Crippen LogP) is 4.47. The van der Waals surface area contributed by atoms with Gasteiger partial charge in [-0.2, -0.15) is 8.42 Å². The lowest BCUT2D eigenvalue weighted by Gasteiger charge is -2.19. The van der Waals surface area contributed by atoms with Crippen LogP contribution >= 0.6 is 0 Å². The normalized spacial score (nSPS) is 12.3. The Morgan fingerprint density at radius 3 is 2.34 bits per heavy atom. The quantitative estimate of drug-likeness (QED) is 0.137. The number of carbonyl (C=O) groups is 2. The fourth-order valence-corrected chi connectivity index (χ4v) is 4.83. The molecule has 0 aliphatic rings. The summed E-state index contributed by atoms with van der Waals surface area (Å²) < 4.78 is 60.5. The third-order valence-electron chi connectivity index (χ3n) is 7.06. The van der Waals surface area contributed by atoms with Crippen molar-refractivity contribution in [3.05, 3.63) is 106 Å². The molecule has 5 aromatic rings. The van der Waals surface area contributed by atoms with E-state index >= 15 is 4.39 Å². The number of halogens is 1. The molecule has 0 aliphatic heterocycles. The molecular formula is C34H36FN5O9S. The van der Waals surface area contributed by atoms with Crippen molar-refractivity contribution in [2.24, 2.45) is 5.73 Å². The number of para-hydroxylation sites is 1. The first-order valence-corrected chi connectivity index (χ1v) is 16.9. The van der Waals surface area contributed by atoms with Crippen molar-refractivity contribution >= 4 is 38.6 Å². The lowest BCUT2D eigenvalue weighted by atomic mass is 10.2. The number of amides is 1. The van der Waals surface area contributed by atoms with E-state index in [-0.39, 0.29) is 23.5 Å². The van der Waals surface area contributed by atoms with Crippen molar-refractivity contribution in [2.75, 3.05) is 18.7 Å². The lowest BCUT2D eigenvalue weighted by Crippen LogP contribution is -2.34. The predicted molar refractivity (Wildman–Crippen MR) is 184 cm³/mol. The minimum absolute atomic E-state index is 0.0683. The minimum Gasteiger partial charge on any atom is -0.497 e. The van der Waals surface area contributed by atoms with Crippen LogP contribution in [0.2, 0.25) is 0 Å². The SMILES string of the molecule is COc1ccc2c(Oc3ccc(NC(=O)c4c(C)n(C[C@H](C)OC(=O)[C@H](C)N)n(-c5ccccc5)c4=O)cc3F)ccnc2c1.CS(=O)(=O)O. The molecule has 0 spiro atoms. The van der Waals surface area contributed by atoms with Gasteiger partial charge in [0.25, 0.3) is 21.6 Å². The summed E-state index contributed by atoms with van der Waals surface area (Å²) in [6, 6.07) is 18.8. The van der Waals surface area contributed by atoms with Crippen molar-refractivity contribution in [1.29, 1.82) is 0 Å². The molecule has 14 nitrogen and oxygen atoms in total. The molecule has 0 radical (unpaired) electrons. The first-order chi connectivity index (χ1) is 23.6. The number of esters is 1. The Morgan fingerprint density at radius 2 is 1.72 bits per heavy atom. The highest BCUT2D eigenvalue weighted by Crippen LogP contribution is 2.33. The molecule has 0 fully saturated rings. The maximum atomic E-state index is 15.2. The summed E-state index contributed by atoms with van der Waals surface area (Å²) in [4.78, 5) is 43.5. The number of rotatable bonds is 10. The number of fused-ring (bicyclic) bond motifs is 1. The number of pyridine rings is 1. The molecule has 2 heterocycles. The summed E-state index contributed by atoms with van der Waals surface area (Å²) in [5.41, 5.74) is 6.45. The zero-order valence-corrected chi connectivity index (χ0v) is 28.6. The van der Waals surface area contributed by atoms with Crippen LogP contribution in [0.4, 0.5) is 10.1 Å².